The van der Waals surface area contributed by atoms with Crippen molar-refractivity contribution in [3.8, 4) is 5.75 Å². The van der Waals surface area contributed by atoms with E-state index >= 15 is 0 Å². The van der Waals surface area contributed by atoms with E-state index in [9.17, 15) is 17.6 Å². The first-order valence-corrected chi connectivity index (χ1v) is 11.7. The van der Waals surface area contributed by atoms with E-state index in [2.05, 4.69) is 10.5 Å². The molecule has 2 aromatic carbocycles. The molecule has 0 saturated carbocycles. The molecule has 8 nitrogen and oxygen atoms in total. The summed E-state index contributed by atoms with van der Waals surface area (Å²) in [5.74, 6) is -0.102. The summed E-state index contributed by atoms with van der Waals surface area (Å²) in [5.41, 5.74) is 1.10. The molecule has 2 heterocycles. The molecule has 1 N–H and O–H groups in total. The Morgan fingerprint density at radius 1 is 1.19 bits per heavy atom. The van der Waals surface area contributed by atoms with E-state index in [1.54, 1.807) is 24.3 Å². The van der Waals surface area contributed by atoms with Crippen molar-refractivity contribution in [3.63, 3.8) is 0 Å². The van der Waals surface area contributed by atoms with Crippen LogP contribution in [0.15, 0.2) is 58.6 Å². The SMILES string of the molecule is COc1ccc(S(=O)(=O)N2CCC(NC(=O)C3CC(c4cccc(F)c4)=NO3)CC2)cc1. The molecule has 2 aliphatic heterocycles. The fourth-order valence-electron chi connectivity index (χ4n) is 3.79. The molecule has 0 spiro atoms. The molecule has 1 atom stereocenters. The number of sulfonamides is 1. The van der Waals surface area contributed by atoms with Crippen LogP contribution >= 0.6 is 0 Å². The van der Waals surface area contributed by atoms with E-state index in [1.165, 1.54) is 35.7 Å². The Morgan fingerprint density at radius 3 is 2.56 bits per heavy atom. The molecule has 1 unspecified atom stereocenters. The number of ether oxygens (including phenoxy) is 1. The fraction of sp³-hybridized carbons (Fsp3) is 0.364. The van der Waals surface area contributed by atoms with Gasteiger partial charge in [0.15, 0.2) is 0 Å². The van der Waals surface area contributed by atoms with E-state index in [1.807, 2.05) is 0 Å². The summed E-state index contributed by atoms with van der Waals surface area (Å²) >= 11 is 0. The van der Waals surface area contributed by atoms with Gasteiger partial charge in [0.05, 0.1) is 17.7 Å². The summed E-state index contributed by atoms with van der Waals surface area (Å²) in [4.78, 5) is 18.1. The lowest BCUT2D eigenvalue weighted by Gasteiger charge is -2.32. The summed E-state index contributed by atoms with van der Waals surface area (Å²) in [6, 6.07) is 12.1. The summed E-state index contributed by atoms with van der Waals surface area (Å²) in [6.45, 7) is 0.603. The molecule has 32 heavy (non-hydrogen) atoms. The van der Waals surface area contributed by atoms with Crippen LogP contribution in [0.2, 0.25) is 0 Å². The largest absolute Gasteiger partial charge is 0.497 e. The first kappa shape index (κ1) is 22.2. The molecule has 1 amide bonds. The first-order chi connectivity index (χ1) is 15.4. The third-order valence-corrected chi connectivity index (χ3v) is 7.53. The number of amides is 1. The minimum absolute atomic E-state index is 0.161. The van der Waals surface area contributed by atoms with Crippen molar-refractivity contribution in [2.24, 2.45) is 5.16 Å². The highest BCUT2D eigenvalue weighted by molar-refractivity contribution is 7.89. The number of methoxy groups -OCH3 is 1. The number of oxime groups is 1. The second-order valence-electron chi connectivity index (χ2n) is 7.71. The van der Waals surface area contributed by atoms with Gasteiger partial charge in [-0.1, -0.05) is 17.3 Å². The Labute approximate surface area is 186 Å². The molecule has 4 rings (SSSR count). The predicted molar refractivity (Wildman–Crippen MR) is 115 cm³/mol. The van der Waals surface area contributed by atoms with Gasteiger partial charge in [0, 0.05) is 31.1 Å². The van der Waals surface area contributed by atoms with Gasteiger partial charge in [0.2, 0.25) is 16.1 Å². The molecule has 10 heteroatoms. The van der Waals surface area contributed by atoms with Gasteiger partial charge in [-0.15, -0.1) is 0 Å². The fourth-order valence-corrected chi connectivity index (χ4v) is 5.26. The highest BCUT2D eigenvalue weighted by Crippen LogP contribution is 2.23. The van der Waals surface area contributed by atoms with Crippen molar-refractivity contribution in [1.82, 2.24) is 9.62 Å². The van der Waals surface area contributed by atoms with E-state index < -0.39 is 16.1 Å². The molecule has 0 aliphatic carbocycles. The van der Waals surface area contributed by atoms with Crippen LogP contribution in [-0.4, -0.2) is 56.7 Å². The average Bonchev–Trinajstić information content (AvgIpc) is 3.30. The number of hydrogen-bond donors (Lipinski definition) is 1. The van der Waals surface area contributed by atoms with Crippen molar-refractivity contribution in [2.75, 3.05) is 20.2 Å². The van der Waals surface area contributed by atoms with E-state index in [4.69, 9.17) is 9.57 Å². The Hall–Kier alpha value is -2.98. The van der Waals surface area contributed by atoms with Crippen molar-refractivity contribution in [3.05, 3.63) is 59.9 Å². The highest BCUT2D eigenvalue weighted by Gasteiger charge is 2.33. The summed E-state index contributed by atoms with van der Waals surface area (Å²) in [5, 5.41) is 6.85. The van der Waals surface area contributed by atoms with Gasteiger partial charge >= 0.3 is 0 Å². The molecule has 170 valence electrons. The van der Waals surface area contributed by atoms with Crippen molar-refractivity contribution in [1.29, 1.82) is 0 Å². The standard InChI is InChI=1S/C22H24FN3O5S/c1-30-18-5-7-19(8-6-18)32(28,29)26-11-9-17(10-12-26)24-22(27)21-14-20(25-31-21)15-3-2-4-16(23)13-15/h2-8,13,17,21H,9-12,14H2,1H3,(H,24,27). The van der Waals surface area contributed by atoms with Gasteiger partial charge in [-0.3, -0.25) is 4.79 Å². The van der Waals surface area contributed by atoms with Crippen LogP contribution < -0.4 is 10.1 Å². The number of nitrogens with zero attached hydrogens (tertiary/aromatic N) is 2. The third kappa shape index (κ3) is 4.76. The second-order valence-corrected chi connectivity index (χ2v) is 9.65. The highest BCUT2D eigenvalue weighted by atomic mass is 32.2. The van der Waals surface area contributed by atoms with Crippen LogP contribution in [0.5, 0.6) is 5.75 Å². The molecular formula is C22H24FN3O5S. The van der Waals surface area contributed by atoms with Gasteiger partial charge in [0.25, 0.3) is 5.91 Å². The molecule has 0 bridgehead atoms. The van der Waals surface area contributed by atoms with Crippen LogP contribution in [0.25, 0.3) is 0 Å². The minimum atomic E-state index is -3.60. The number of rotatable bonds is 6. The van der Waals surface area contributed by atoms with Gasteiger partial charge < -0.3 is 14.9 Å². The van der Waals surface area contributed by atoms with Crippen molar-refractivity contribution >= 4 is 21.6 Å². The first-order valence-electron chi connectivity index (χ1n) is 10.3. The number of halogens is 1. The zero-order valence-electron chi connectivity index (χ0n) is 17.5. The topological polar surface area (TPSA) is 97.3 Å². The lowest BCUT2D eigenvalue weighted by atomic mass is 10.0. The Morgan fingerprint density at radius 2 is 1.91 bits per heavy atom. The van der Waals surface area contributed by atoms with Gasteiger partial charge in [-0.2, -0.15) is 4.31 Å². The Bertz CT molecular complexity index is 1110. The number of carbonyl (C=O) groups excluding carboxylic acids is 1. The van der Waals surface area contributed by atoms with Crippen LogP contribution in [-0.2, 0) is 19.7 Å². The molecule has 2 aliphatic rings. The zero-order chi connectivity index (χ0) is 22.7. The molecule has 1 saturated heterocycles. The maximum Gasteiger partial charge on any atom is 0.264 e. The van der Waals surface area contributed by atoms with Crippen molar-refractivity contribution < 1.29 is 27.2 Å². The molecule has 2 aromatic rings. The molecule has 0 radical (unpaired) electrons. The quantitative estimate of drug-likeness (QED) is 0.712. The van der Waals surface area contributed by atoms with E-state index in [0.717, 1.165) is 0 Å². The number of piperidine rings is 1. The maximum atomic E-state index is 13.4. The molecule has 1 fully saturated rings. The molecule has 0 aromatic heterocycles. The third-order valence-electron chi connectivity index (χ3n) is 5.62. The van der Waals surface area contributed by atoms with Crippen molar-refractivity contribution in [2.45, 2.75) is 36.3 Å². The maximum absolute atomic E-state index is 13.4. The monoisotopic (exact) mass is 461 g/mol. The zero-order valence-corrected chi connectivity index (χ0v) is 18.3. The van der Waals surface area contributed by atoms with Gasteiger partial charge in [-0.25, -0.2) is 12.8 Å². The average molecular weight is 462 g/mol. The lowest BCUT2D eigenvalue weighted by Crippen LogP contribution is -2.48. The van der Waals surface area contributed by atoms with E-state index in [-0.39, 0.29) is 29.1 Å². The number of nitrogens with one attached hydrogen (secondary N) is 1. The smallest absolute Gasteiger partial charge is 0.264 e. The Kier molecular flexibility index (Phi) is 6.43. The minimum Gasteiger partial charge on any atom is -0.497 e. The second kappa shape index (κ2) is 9.25. The van der Waals surface area contributed by atoms with E-state index in [0.29, 0.717) is 43.0 Å². The number of carbonyl (C=O) groups is 1. The van der Waals surface area contributed by atoms with Gasteiger partial charge in [-0.05, 0) is 49.2 Å². The number of hydrogen-bond acceptors (Lipinski definition) is 6. The van der Waals surface area contributed by atoms with Crippen LogP contribution in [0.4, 0.5) is 4.39 Å². The van der Waals surface area contributed by atoms with Crippen LogP contribution in [0.1, 0.15) is 24.8 Å². The Balaban J connectivity index is 1.29. The normalized spacial score (nSPS) is 19.8. The molecular weight excluding hydrogens is 437 g/mol. The lowest BCUT2D eigenvalue weighted by molar-refractivity contribution is -0.132. The predicted octanol–water partition coefficient (Wildman–Crippen LogP) is 2.30. The van der Waals surface area contributed by atoms with Crippen LogP contribution in [0.3, 0.4) is 0 Å². The van der Waals surface area contributed by atoms with Gasteiger partial charge in [0.1, 0.15) is 11.6 Å². The van der Waals surface area contributed by atoms with Crippen LogP contribution in [0, 0.1) is 5.82 Å². The summed E-state index contributed by atoms with van der Waals surface area (Å²) < 4.78 is 45.6. The summed E-state index contributed by atoms with van der Waals surface area (Å²) in [7, 11) is -2.08. The number of benzene rings is 2. The summed E-state index contributed by atoms with van der Waals surface area (Å²) in [6.07, 6.45) is 0.450.